The molecule has 1 aliphatic rings. The van der Waals surface area contributed by atoms with E-state index in [9.17, 15) is 20.0 Å². The van der Waals surface area contributed by atoms with E-state index >= 15 is 0 Å². The Morgan fingerprint density at radius 2 is 1.97 bits per heavy atom. The first-order valence-corrected chi connectivity index (χ1v) is 10.0. The van der Waals surface area contributed by atoms with Crippen LogP contribution >= 0.6 is 11.3 Å². The van der Waals surface area contributed by atoms with Crippen LogP contribution in [0.4, 0.5) is 5.00 Å². The molecule has 0 atom stereocenters. The average Bonchev–Trinajstić information content (AvgIpc) is 3.06. The number of rotatable bonds is 3. The number of hydrogen-bond acceptors (Lipinski definition) is 6. The summed E-state index contributed by atoms with van der Waals surface area (Å²) in [7, 11) is 0. The van der Waals surface area contributed by atoms with E-state index in [1.54, 1.807) is 24.3 Å². The van der Waals surface area contributed by atoms with Gasteiger partial charge in [0.05, 0.1) is 11.3 Å². The van der Waals surface area contributed by atoms with E-state index in [1.807, 2.05) is 6.92 Å². The van der Waals surface area contributed by atoms with Crippen LogP contribution in [0, 0.1) is 18.3 Å². The van der Waals surface area contributed by atoms with Crippen molar-refractivity contribution < 1.29 is 5.11 Å². The van der Waals surface area contributed by atoms with Crippen LogP contribution in [0.25, 0.3) is 5.69 Å². The summed E-state index contributed by atoms with van der Waals surface area (Å²) in [6.45, 7) is 1.91. The van der Waals surface area contributed by atoms with Crippen LogP contribution in [0.1, 0.15) is 40.0 Å². The zero-order valence-electron chi connectivity index (χ0n) is 15.7. The van der Waals surface area contributed by atoms with Crippen molar-refractivity contribution in [2.24, 2.45) is 4.99 Å². The second-order valence-electron chi connectivity index (χ2n) is 6.93. The zero-order valence-corrected chi connectivity index (χ0v) is 16.5. The first kappa shape index (κ1) is 18.9. The number of aryl methyl sites for hydroxylation is 2. The topological polar surface area (TPSA) is 111 Å². The van der Waals surface area contributed by atoms with Crippen molar-refractivity contribution in [3.8, 4) is 17.6 Å². The third-order valence-corrected chi connectivity index (χ3v) is 6.19. The van der Waals surface area contributed by atoms with Gasteiger partial charge in [-0.15, -0.1) is 11.3 Å². The summed E-state index contributed by atoms with van der Waals surface area (Å²) in [5, 5.41) is 20.7. The Morgan fingerprint density at radius 1 is 1.24 bits per heavy atom. The average molecular weight is 406 g/mol. The molecule has 0 saturated carbocycles. The predicted octanol–water partition coefficient (Wildman–Crippen LogP) is 3.10. The molecular formula is C21H18N4O3S. The van der Waals surface area contributed by atoms with E-state index in [0.717, 1.165) is 46.3 Å². The monoisotopic (exact) mass is 406 g/mol. The van der Waals surface area contributed by atoms with E-state index in [-0.39, 0.29) is 5.56 Å². The molecule has 0 amide bonds. The van der Waals surface area contributed by atoms with Crippen molar-refractivity contribution in [2.75, 3.05) is 0 Å². The molecular weight excluding hydrogens is 388 g/mol. The lowest BCUT2D eigenvalue weighted by Gasteiger charge is -2.09. The highest BCUT2D eigenvalue weighted by atomic mass is 32.1. The molecule has 2 N–H and O–H groups in total. The summed E-state index contributed by atoms with van der Waals surface area (Å²) >= 11 is 1.44. The molecule has 4 rings (SSSR count). The number of aliphatic imine (C=N–C) groups is 1. The number of hydrogen-bond donors (Lipinski definition) is 2. The normalized spacial score (nSPS) is 13.4. The van der Waals surface area contributed by atoms with Gasteiger partial charge in [-0.3, -0.25) is 9.78 Å². The smallest absolute Gasteiger partial charge is 0.335 e. The summed E-state index contributed by atoms with van der Waals surface area (Å²) < 4.78 is 1.02. The highest BCUT2D eigenvalue weighted by Crippen LogP contribution is 2.39. The van der Waals surface area contributed by atoms with Gasteiger partial charge in [-0.2, -0.15) is 5.26 Å². The number of aromatic amines is 1. The molecule has 146 valence electrons. The molecule has 0 spiro atoms. The summed E-state index contributed by atoms with van der Waals surface area (Å²) in [5.41, 5.74) is 1.38. The van der Waals surface area contributed by atoms with E-state index in [2.05, 4.69) is 16.0 Å². The Hall–Kier alpha value is -3.44. The van der Waals surface area contributed by atoms with Gasteiger partial charge in [0.2, 0.25) is 5.88 Å². The second-order valence-corrected chi connectivity index (χ2v) is 8.01. The number of H-pyrrole nitrogens is 1. The van der Waals surface area contributed by atoms with E-state index < -0.39 is 17.1 Å². The third kappa shape index (κ3) is 3.41. The van der Waals surface area contributed by atoms with Gasteiger partial charge in [0.15, 0.2) is 0 Å². The molecule has 0 aliphatic heterocycles. The van der Waals surface area contributed by atoms with Crippen molar-refractivity contribution in [3.63, 3.8) is 0 Å². The first-order chi connectivity index (χ1) is 14.0. The van der Waals surface area contributed by atoms with Crippen molar-refractivity contribution in [1.82, 2.24) is 9.55 Å². The Bertz CT molecular complexity index is 1270. The van der Waals surface area contributed by atoms with Crippen LogP contribution in [-0.4, -0.2) is 20.9 Å². The molecule has 1 aliphatic carbocycles. The van der Waals surface area contributed by atoms with Crippen LogP contribution in [-0.2, 0) is 12.8 Å². The standard InChI is InChI=1S/C21H18N4O3S/c1-12-6-8-13(9-7-12)25-20(27)16(18(26)24-21(25)28)11-23-19-15(10-22)14-4-2-3-5-17(14)29-19/h6-9,11,27H,2-5H2,1H3,(H,24,26,28). The Morgan fingerprint density at radius 3 is 2.69 bits per heavy atom. The van der Waals surface area contributed by atoms with Gasteiger partial charge in [0.1, 0.15) is 16.6 Å². The number of benzene rings is 1. The lowest BCUT2D eigenvalue weighted by Crippen LogP contribution is -2.31. The quantitative estimate of drug-likeness (QED) is 0.651. The van der Waals surface area contributed by atoms with Gasteiger partial charge in [-0.05, 0) is 50.3 Å². The molecule has 7 nitrogen and oxygen atoms in total. The maximum atomic E-state index is 12.3. The predicted molar refractivity (Wildman–Crippen MR) is 112 cm³/mol. The summed E-state index contributed by atoms with van der Waals surface area (Å²) in [6.07, 6.45) is 5.13. The number of nitriles is 1. The number of aromatic hydroxyl groups is 1. The molecule has 2 heterocycles. The minimum Gasteiger partial charge on any atom is -0.493 e. The van der Waals surface area contributed by atoms with Crippen LogP contribution in [0.2, 0.25) is 0 Å². The van der Waals surface area contributed by atoms with E-state index in [1.165, 1.54) is 17.6 Å². The zero-order chi connectivity index (χ0) is 20.5. The Labute approximate surface area is 170 Å². The van der Waals surface area contributed by atoms with E-state index in [4.69, 9.17) is 0 Å². The largest absolute Gasteiger partial charge is 0.493 e. The second kappa shape index (κ2) is 7.53. The van der Waals surface area contributed by atoms with E-state index in [0.29, 0.717) is 16.3 Å². The Kier molecular flexibility index (Phi) is 4.91. The summed E-state index contributed by atoms with van der Waals surface area (Å²) in [6, 6.07) is 9.17. The lowest BCUT2D eigenvalue weighted by molar-refractivity contribution is 0.430. The third-order valence-electron chi connectivity index (χ3n) is 4.99. The summed E-state index contributed by atoms with van der Waals surface area (Å²) in [4.78, 5) is 32.3. The van der Waals surface area contributed by atoms with Gasteiger partial charge in [0, 0.05) is 11.1 Å². The Balaban J connectivity index is 1.81. The fourth-order valence-electron chi connectivity index (χ4n) is 3.47. The molecule has 3 aromatic rings. The highest BCUT2D eigenvalue weighted by molar-refractivity contribution is 7.16. The lowest BCUT2D eigenvalue weighted by atomic mass is 9.96. The maximum Gasteiger partial charge on any atom is 0.335 e. The van der Waals surface area contributed by atoms with Gasteiger partial charge >= 0.3 is 5.69 Å². The minimum atomic E-state index is -0.738. The van der Waals surface area contributed by atoms with Crippen molar-refractivity contribution in [1.29, 1.82) is 5.26 Å². The SMILES string of the molecule is Cc1ccc(-n2c(O)c(C=Nc3sc4c(c3C#N)CCCC4)c(=O)[nH]c2=O)cc1. The van der Waals surface area contributed by atoms with Crippen molar-refractivity contribution in [3.05, 3.63) is 72.2 Å². The fourth-order valence-corrected chi connectivity index (χ4v) is 4.65. The van der Waals surface area contributed by atoms with Gasteiger partial charge < -0.3 is 5.11 Å². The molecule has 0 radical (unpaired) electrons. The minimum absolute atomic E-state index is 0.138. The van der Waals surface area contributed by atoms with Crippen LogP contribution in [0.5, 0.6) is 5.88 Å². The summed E-state index contributed by atoms with van der Waals surface area (Å²) in [5.74, 6) is -0.494. The maximum absolute atomic E-state index is 12.3. The van der Waals surface area contributed by atoms with Crippen LogP contribution in [0.15, 0.2) is 38.8 Å². The van der Waals surface area contributed by atoms with Gasteiger partial charge in [-0.1, -0.05) is 17.7 Å². The van der Waals surface area contributed by atoms with Crippen LogP contribution in [0.3, 0.4) is 0 Å². The molecule has 29 heavy (non-hydrogen) atoms. The number of nitrogens with zero attached hydrogens (tertiary/aromatic N) is 3. The number of nitrogens with one attached hydrogen (secondary N) is 1. The molecule has 1 aromatic carbocycles. The van der Waals surface area contributed by atoms with Crippen LogP contribution < -0.4 is 11.2 Å². The number of thiophene rings is 1. The molecule has 2 aromatic heterocycles. The molecule has 0 bridgehead atoms. The highest BCUT2D eigenvalue weighted by Gasteiger charge is 2.21. The van der Waals surface area contributed by atoms with Gasteiger partial charge in [0.25, 0.3) is 5.56 Å². The number of aromatic nitrogens is 2. The van der Waals surface area contributed by atoms with Gasteiger partial charge in [-0.25, -0.2) is 14.4 Å². The molecule has 0 fully saturated rings. The fraction of sp³-hybridized carbons (Fsp3) is 0.238. The molecule has 8 heteroatoms. The number of fused-ring (bicyclic) bond motifs is 1. The molecule has 0 unspecified atom stereocenters. The molecule has 0 saturated heterocycles. The first-order valence-electron chi connectivity index (χ1n) is 9.23. The van der Waals surface area contributed by atoms with Crippen molar-refractivity contribution >= 4 is 22.6 Å². The van der Waals surface area contributed by atoms with Crippen molar-refractivity contribution in [2.45, 2.75) is 32.6 Å².